The van der Waals surface area contributed by atoms with E-state index in [1.54, 1.807) is 0 Å². The van der Waals surface area contributed by atoms with Crippen LogP contribution in [0.4, 0.5) is 0 Å². The molecule has 1 rings (SSSR count). The number of nitrogens with one attached hydrogen (secondary N) is 2. The van der Waals surface area contributed by atoms with Crippen LogP contribution in [0.15, 0.2) is 0 Å². The first-order valence-corrected chi connectivity index (χ1v) is 5.09. The lowest BCUT2D eigenvalue weighted by Crippen LogP contribution is -2.49. The summed E-state index contributed by atoms with van der Waals surface area (Å²) in [5.74, 6) is -0.0533. The molecule has 0 aliphatic carbocycles. The average molecular weight is 193 g/mol. The van der Waals surface area contributed by atoms with Crippen molar-refractivity contribution in [1.82, 2.24) is 10.0 Å². The molecule has 0 radical (unpaired) electrons. The zero-order chi connectivity index (χ0) is 9.19. The van der Waals surface area contributed by atoms with Gasteiger partial charge in [0, 0.05) is 19.0 Å². The van der Waals surface area contributed by atoms with E-state index >= 15 is 0 Å². The van der Waals surface area contributed by atoms with Gasteiger partial charge in [0.25, 0.3) is 10.2 Å². The fraction of sp³-hybridized carbons (Fsp3) is 0.800. The van der Waals surface area contributed by atoms with Crippen LogP contribution in [0, 0.1) is 0 Å². The van der Waals surface area contributed by atoms with E-state index in [4.69, 9.17) is 5.14 Å². The lowest BCUT2D eigenvalue weighted by molar-refractivity contribution is -0.122. The number of piperidine rings is 1. The summed E-state index contributed by atoms with van der Waals surface area (Å²) in [6.07, 6.45) is 0.843. The first-order valence-electron chi connectivity index (χ1n) is 3.54. The second-order valence-corrected chi connectivity index (χ2v) is 4.03. The maximum absolute atomic E-state index is 10.7. The summed E-state index contributed by atoms with van der Waals surface area (Å²) in [6, 6.07) is -0.266. The second-order valence-electron chi connectivity index (χ2n) is 2.70. The molecule has 1 unspecified atom stereocenters. The summed E-state index contributed by atoms with van der Waals surface area (Å²) in [6.45, 7) is 0.315. The summed E-state index contributed by atoms with van der Waals surface area (Å²) < 4.78 is 23.3. The monoisotopic (exact) mass is 193 g/mol. The molecule has 7 heteroatoms. The van der Waals surface area contributed by atoms with E-state index in [0.29, 0.717) is 19.4 Å². The molecule has 1 aliphatic rings. The van der Waals surface area contributed by atoms with Crippen molar-refractivity contribution in [3.8, 4) is 0 Å². The largest absolute Gasteiger partial charge is 0.355 e. The maximum Gasteiger partial charge on any atom is 0.274 e. The Balaban J connectivity index is 2.41. The van der Waals surface area contributed by atoms with Crippen molar-refractivity contribution >= 4 is 16.1 Å². The van der Waals surface area contributed by atoms with Crippen LogP contribution in [0.25, 0.3) is 0 Å². The molecule has 12 heavy (non-hydrogen) atoms. The number of amides is 1. The van der Waals surface area contributed by atoms with Gasteiger partial charge >= 0.3 is 0 Å². The summed E-state index contributed by atoms with van der Waals surface area (Å²) in [5, 5.41) is 7.28. The predicted octanol–water partition coefficient (Wildman–Crippen LogP) is -1.94. The van der Waals surface area contributed by atoms with E-state index in [2.05, 4.69) is 10.0 Å². The number of hydrogen-bond donors (Lipinski definition) is 3. The van der Waals surface area contributed by atoms with Gasteiger partial charge in [0.1, 0.15) is 0 Å². The van der Waals surface area contributed by atoms with E-state index in [9.17, 15) is 13.2 Å². The van der Waals surface area contributed by atoms with Crippen molar-refractivity contribution in [2.75, 3.05) is 6.54 Å². The Morgan fingerprint density at radius 1 is 1.58 bits per heavy atom. The fourth-order valence-corrected chi connectivity index (χ4v) is 1.73. The Kier molecular flexibility index (Phi) is 2.65. The molecule has 1 atom stereocenters. The molecule has 70 valence electrons. The zero-order valence-electron chi connectivity index (χ0n) is 6.41. The van der Waals surface area contributed by atoms with Crippen molar-refractivity contribution in [3.05, 3.63) is 0 Å². The first kappa shape index (κ1) is 9.43. The third kappa shape index (κ3) is 3.16. The molecule has 6 nitrogen and oxygen atoms in total. The Morgan fingerprint density at radius 2 is 2.25 bits per heavy atom. The molecule has 1 amide bonds. The molecule has 0 aromatic rings. The van der Waals surface area contributed by atoms with Crippen LogP contribution in [0.1, 0.15) is 12.8 Å². The second kappa shape index (κ2) is 3.38. The lowest BCUT2D eigenvalue weighted by Gasteiger charge is -2.21. The highest BCUT2D eigenvalue weighted by atomic mass is 32.2. The summed E-state index contributed by atoms with van der Waals surface area (Å²) >= 11 is 0. The van der Waals surface area contributed by atoms with Gasteiger partial charge in [-0.25, -0.2) is 5.14 Å². The number of nitrogens with two attached hydrogens (primary N) is 1. The van der Waals surface area contributed by atoms with Gasteiger partial charge < -0.3 is 5.32 Å². The number of carbonyl (C=O) groups excluding carboxylic acids is 1. The minimum absolute atomic E-state index is 0.0533. The number of hydrogen-bond acceptors (Lipinski definition) is 3. The Bertz CT molecular complexity index is 264. The van der Waals surface area contributed by atoms with Crippen molar-refractivity contribution < 1.29 is 13.2 Å². The van der Waals surface area contributed by atoms with E-state index in [0.717, 1.165) is 0 Å². The van der Waals surface area contributed by atoms with Gasteiger partial charge in [-0.2, -0.15) is 13.1 Å². The summed E-state index contributed by atoms with van der Waals surface area (Å²) in [5.41, 5.74) is 0. The Hall–Kier alpha value is -0.660. The first-order chi connectivity index (χ1) is 5.47. The van der Waals surface area contributed by atoms with Crippen LogP contribution in [0.3, 0.4) is 0 Å². The van der Waals surface area contributed by atoms with Crippen LogP contribution in [0.2, 0.25) is 0 Å². The highest BCUT2D eigenvalue weighted by molar-refractivity contribution is 7.87. The maximum atomic E-state index is 10.7. The van der Waals surface area contributed by atoms with Gasteiger partial charge in [-0.05, 0) is 6.42 Å². The molecular weight excluding hydrogens is 182 g/mol. The number of rotatable bonds is 2. The highest BCUT2D eigenvalue weighted by Crippen LogP contribution is 2.02. The average Bonchev–Trinajstić information content (AvgIpc) is 1.91. The minimum Gasteiger partial charge on any atom is -0.355 e. The minimum atomic E-state index is -3.64. The van der Waals surface area contributed by atoms with E-state index in [1.807, 2.05) is 0 Å². The van der Waals surface area contributed by atoms with Gasteiger partial charge in [0.05, 0.1) is 0 Å². The molecule has 1 heterocycles. The molecular formula is C5H11N3O3S. The fourth-order valence-electron chi connectivity index (χ4n) is 1.07. The molecule has 0 bridgehead atoms. The Labute approximate surface area is 70.7 Å². The normalized spacial score (nSPS) is 25.1. The topological polar surface area (TPSA) is 101 Å². The molecule has 1 saturated heterocycles. The molecule has 0 aromatic carbocycles. The van der Waals surface area contributed by atoms with Crippen LogP contribution in [0.5, 0.6) is 0 Å². The zero-order valence-corrected chi connectivity index (χ0v) is 7.23. The van der Waals surface area contributed by atoms with E-state index in [-0.39, 0.29) is 11.9 Å². The van der Waals surface area contributed by atoms with Gasteiger partial charge in [-0.1, -0.05) is 0 Å². The van der Waals surface area contributed by atoms with Gasteiger partial charge in [-0.3, -0.25) is 4.79 Å². The van der Waals surface area contributed by atoms with Crippen molar-refractivity contribution in [1.29, 1.82) is 0 Å². The van der Waals surface area contributed by atoms with Crippen molar-refractivity contribution in [3.63, 3.8) is 0 Å². The number of carbonyl (C=O) groups is 1. The van der Waals surface area contributed by atoms with Crippen LogP contribution < -0.4 is 15.2 Å². The molecule has 1 fully saturated rings. The molecule has 0 spiro atoms. The standard InChI is InChI=1S/C5H11N3O3S/c6-12(10,11)8-4-1-2-5(9)7-3-4/h4,8H,1-3H2,(H,7,9)(H2,6,10,11). The van der Waals surface area contributed by atoms with Crippen molar-refractivity contribution in [2.45, 2.75) is 18.9 Å². The lowest BCUT2D eigenvalue weighted by atomic mass is 10.1. The van der Waals surface area contributed by atoms with Crippen molar-refractivity contribution in [2.24, 2.45) is 5.14 Å². The van der Waals surface area contributed by atoms with E-state index < -0.39 is 10.2 Å². The summed E-state index contributed by atoms with van der Waals surface area (Å²) in [7, 11) is -3.64. The van der Waals surface area contributed by atoms with Gasteiger partial charge in [0.2, 0.25) is 5.91 Å². The molecule has 4 N–H and O–H groups in total. The molecule has 0 aromatic heterocycles. The molecule has 1 aliphatic heterocycles. The summed E-state index contributed by atoms with van der Waals surface area (Å²) in [4.78, 5) is 10.7. The van der Waals surface area contributed by atoms with E-state index in [1.165, 1.54) is 0 Å². The third-order valence-electron chi connectivity index (χ3n) is 1.60. The Morgan fingerprint density at radius 3 is 2.67 bits per heavy atom. The smallest absolute Gasteiger partial charge is 0.274 e. The van der Waals surface area contributed by atoms with Crippen LogP contribution >= 0.6 is 0 Å². The van der Waals surface area contributed by atoms with Crippen LogP contribution in [-0.4, -0.2) is 26.9 Å². The third-order valence-corrected chi connectivity index (χ3v) is 2.26. The van der Waals surface area contributed by atoms with Gasteiger partial charge in [-0.15, -0.1) is 0 Å². The highest BCUT2D eigenvalue weighted by Gasteiger charge is 2.20. The predicted molar refractivity (Wildman–Crippen MR) is 42.3 cm³/mol. The SMILES string of the molecule is NS(=O)(=O)NC1CCC(=O)NC1. The molecule has 0 saturated carbocycles. The van der Waals surface area contributed by atoms with Crippen LogP contribution in [-0.2, 0) is 15.0 Å². The quantitative estimate of drug-likeness (QED) is 0.475. The van der Waals surface area contributed by atoms with Gasteiger partial charge in [0.15, 0.2) is 0 Å².